The lowest BCUT2D eigenvalue weighted by atomic mass is 9.87. The Labute approximate surface area is 93.5 Å². The molecular weight excluding hydrogens is 190 g/mol. The van der Waals surface area contributed by atoms with Crippen molar-refractivity contribution in [3.63, 3.8) is 0 Å². The summed E-state index contributed by atoms with van der Waals surface area (Å²) in [6, 6.07) is 0.895. The summed E-state index contributed by atoms with van der Waals surface area (Å²) in [5, 5.41) is 3.60. The van der Waals surface area contributed by atoms with Gasteiger partial charge in [-0.25, -0.2) is 0 Å². The van der Waals surface area contributed by atoms with E-state index in [0.717, 1.165) is 5.92 Å². The molecule has 0 bridgehead atoms. The first-order chi connectivity index (χ1) is 7.17. The van der Waals surface area contributed by atoms with Crippen LogP contribution >= 0.6 is 0 Å². The third-order valence-corrected chi connectivity index (χ3v) is 3.31. The fourth-order valence-corrected chi connectivity index (χ4v) is 2.54. The second kappa shape index (κ2) is 6.46. The molecule has 0 radical (unpaired) electrons. The van der Waals surface area contributed by atoms with Gasteiger partial charge in [0.25, 0.3) is 0 Å². The van der Waals surface area contributed by atoms with Crippen LogP contribution in [0, 0.1) is 5.92 Å². The van der Waals surface area contributed by atoms with E-state index in [0.29, 0.717) is 6.04 Å². The molecule has 1 N–H and O–H groups in total. The fraction of sp³-hybridized carbons (Fsp3) is 1.00. The van der Waals surface area contributed by atoms with Crippen LogP contribution in [-0.4, -0.2) is 32.6 Å². The molecule has 1 saturated carbocycles. The van der Waals surface area contributed by atoms with Crippen LogP contribution in [0.2, 0.25) is 0 Å². The van der Waals surface area contributed by atoms with E-state index in [1.165, 1.54) is 25.7 Å². The zero-order valence-electron chi connectivity index (χ0n) is 10.5. The van der Waals surface area contributed by atoms with Crippen molar-refractivity contribution in [2.75, 3.05) is 14.2 Å². The van der Waals surface area contributed by atoms with Crippen molar-refractivity contribution in [3.05, 3.63) is 0 Å². The molecule has 1 rings (SSSR count). The van der Waals surface area contributed by atoms with E-state index >= 15 is 0 Å². The van der Waals surface area contributed by atoms with Crippen LogP contribution < -0.4 is 5.32 Å². The molecule has 0 aromatic heterocycles. The Kier molecular flexibility index (Phi) is 5.58. The highest BCUT2D eigenvalue weighted by Gasteiger charge is 2.23. The third-order valence-electron chi connectivity index (χ3n) is 3.31. The summed E-state index contributed by atoms with van der Waals surface area (Å²) >= 11 is 0. The summed E-state index contributed by atoms with van der Waals surface area (Å²) in [6.45, 7) is 4.46. The van der Waals surface area contributed by atoms with Crippen molar-refractivity contribution in [1.29, 1.82) is 0 Å². The first-order valence-corrected chi connectivity index (χ1v) is 5.99. The molecule has 15 heavy (non-hydrogen) atoms. The van der Waals surface area contributed by atoms with Gasteiger partial charge in [0, 0.05) is 20.3 Å². The number of methoxy groups -OCH3 is 2. The third kappa shape index (κ3) is 4.09. The minimum absolute atomic E-state index is 0.137. The SMILES string of the molecule is COC(OC)C(C)NC1CCCC(C)C1. The Balaban J connectivity index is 2.32. The molecule has 1 aliphatic carbocycles. The summed E-state index contributed by atoms with van der Waals surface area (Å²) in [5.74, 6) is 0.854. The highest BCUT2D eigenvalue weighted by Crippen LogP contribution is 2.24. The second-order valence-electron chi connectivity index (χ2n) is 4.76. The van der Waals surface area contributed by atoms with Crippen LogP contribution in [0.25, 0.3) is 0 Å². The van der Waals surface area contributed by atoms with Crippen LogP contribution in [0.4, 0.5) is 0 Å². The molecule has 1 aliphatic rings. The maximum Gasteiger partial charge on any atom is 0.171 e. The monoisotopic (exact) mass is 215 g/mol. The lowest BCUT2D eigenvalue weighted by molar-refractivity contribution is -0.121. The highest BCUT2D eigenvalue weighted by molar-refractivity contribution is 4.79. The molecule has 90 valence electrons. The van der Waals surface area contributed by atoms with E-state index in [2.05, 4.69) is 19.2 Å². The molecule has 0 amide bonds. The lowest BCUT2D eigenvalue weighted by Crippen LogP contribution is -2.46. The van der Waals surface area contributed by atoms with Gasteiger partial charge in [0.1, 0.15) is 0 Å². The van der Waals surface area contributed by atoms with Crippen molar-refractivity contribution in [2.45, 2.75) is 57.9 Å². The molecule has 1 fully saturated rings. The average Bonchev–Trinajstić information content (AvgIpc) is 2.19. The first-order valence-electron chi connectivity index (χ1n) is 5.99. The molecule has 0 aliphatic heterocycles. The quantitative estimate of drug-likeness (QED) is 0.713. The number of rotatable bonds is 5. The molecule has 3 nitrogen and oxygen atoms in total. The number of hydrogen-bond acceptors (Lipinski definition) is 3. The van der Waals surface area contributed by atoms with E-state index in [4.69, 9.17) is 9.47 Å². The summed E-state index contributed by atoms with van der Waals surface area (Å²) in [5.41, 5.74) is 0. The minimum atomic E-state index is -0.137. The van der Waals surface area contributed by atoms with E-state index in [1.807, 2.05) is 0 Å². The van der Waals surface area contributed by atoms with Gasteiger partial charge in [0.05, 0.1) is 6.04 Å². The zero-order chi connectivity index (χ0) is 11.3. The van der Waals surface area contributed by atoms with Crippen molar-refractivity contribution >= 4 is 0 Å². The van der Waals surface area contributed by atoms with Gasteiger partial charge < -0.3 is 14.8 Å². The van der Waals surface area contributed by atoms with Gasteiger partial charge in [-0.15, -0.1) is 0 Å². The Hall–Kier alpha value is -0.120. The van der Waals surface area contributed by atoms with Crippen LogP contribution in [0.1, 0.15) is 39.5 Å². The van der Waals surface area contributed by atoms with Crippen molar-refractivity contribution in [2.24, 2.45) is 5.92 Å². The van der Waals surface area contributed by atoms with E-state index in [9.17, 15) is 0 Å². The lowest BCUT2D eigenvalue weighted by Gasteiger charge is -2.32. The predicted octanol–water partition coefficient (Wildman–Crippen LogP) is 2.16. The number of ether oxygens (including phenoxy) is 2. The van der Waals surface area contributed by atoms with E-state index in [1.54, 1.807) is 14.2 Å². The average molecular weight is 215 g/mol. The molecule has 0 saturated heterocycles. The number of hydrogen-bond donors (Lipinski definition) is 1. The second-order valence-corrected chi connectivity index (χ2v) is 4.76. The molecule has 3 unspecified atom stereocenters. The standard InChI is InChI=1S/C12H25NO2/c1-9-6-5-7-11(8-9)13-10(2)12(14-3)15-4/h9-13H,5-8H2,1-4H3. The maximum absolute atomic E-state index is 5.24. The zero-order valence-corrected chi connectivity index (χ0v) is 10.5. The molecule has 0 aromatic carbocycles. The van der Waals surface area contributed by atoms with Gasteiger partial charge in [0.15, 0.2) is 6.29 Å². The predicted molar refractivity (Wildman–Crippen MR) is 61.8 cm³/mol. The Morgan fingerprint density at radius 2 is 1.87 bits per heavy atom. The van der Waals surface area contributed by atoms with Crippen LogP contribution in [0.15, 0.2) is 0 Å². The van der Waals surface area contributed by atoms with Gasteiger partial charge in [-0.2, -0.15) is 0 Å². The van der Waals surface area contributed by atoms with Crippen molar-refractivity contribution in [1.82, 2.24) is 5.32 Å². The van der Waals surface area contributed by atoms with Gasteiger partial charge >= 0.3 is 0 Å². The molecular formula is C12H25NO2. The topological polar surface area (TPSA) is 30.5 Å². The summed E-state index contributed by atoms with van der Waals surface area (Å²) < 4.78 is 10.5. The van der Waals surface area contributed by atoms with Gasteiger partial charge in [-0.3, -0.25) is 0 Å². The summed E-state index contributed by atoms with van der Waals surface area (Å²) in [4.78, 5) is 0. The van der Waals surface area contributed by atoms with Crippen LogP contribution in [0.5, 0.6) is 0 Å². The molecule has 3 atom stereocenters. The van der Waals surface area contributed by atoms with Crippen LogP contribution in [-0.2, 0) is 9.47 Å². The minimum Gasteiger partial charge on any atom is -0.354 e. The van der Waals surface area contributed by atoms with Gasteiger partial charge in [-0.05, 0) is 25.7 Å². The van der Waals surface area contributed by atoms with Crippen molar-refractivity contribution < 1.29 is 9.47 Å². The Morgan fingerprint density at radius 1 is 1.20 bits per heavy atom. The largest absolute Gasteiger partial charge is 0.354 e. The van der Waals surface area contributed by atoms with Gasteiger partial charge in [0.2, 0.25) is 0 Å². The van der Waals surface area contributed by atoms with Gasteiger partial charge in [-0.1, -0.05) is 19.8 Å². The smallest absolute Gasteiger partial charge is 0.171 e. The Bertz CT molecular complexity index is 171. The van der Waals surface area contributed by atoms with E-state index in [-0.39, 0.29) is 12.3 Å². The first kappa shape index (κ1) is 12.9. The number of nitrogens with one attached hydrogen (secondary N) is 1. The molecule has 3 heteroatoms. The normalized spacial score (nSPS) is 29.4. The van der Waals surface area contributed by atoms with Crippen LogP contribution in [0.3, 0.4) is 0 Å². The molecule has 0 heterocycles. The Morgan fingerprint density at radius 3 is 2.40 bits per heavy atom. The summed E-state index contributed by atoms with van der Waals surface area (Å²) in [6.07, 6.45) is 5.15. The molecule has 0 spiro atoms. The van der Waals surface area contributed by atoms with E-state index < -0.39 is 0 Å². The molecule has 0 aromatic rings. The fourth-order valence-electron chi connectivity index (χ4n) is 2.54. The maximum atomic E-state index is 5.24. The highest BCUT2D eigenvalue weighted by atomic mass is 16.7. The van der Waals surface area contributed by atoms with Crippen molar-refractivity contribution in [3.8, 4) is 0 Å². The summed E-state index contributed by atoms with van der Waals surface area (Å²) in [7, 11) is 3.38.